The van der Waals surface area contributed by atoms with Gasteiger partial charge in [-0.3, -0.25) is 0 Å². The van der Waals surface area contributed by atoms with Crippen LogP contribution in [0.3, 0.4) is 0 Å². The number of halogens is 2. The molecule has 0 bridgehead atoms. The van der Waals surface area contributed by atoms with Gasteiger partial charge in [0.1, 0.15) is 5.82 Å². The molecule has 0 aliphatic carbocycles. The monoisotopic (exact) mass is 337 g/mol. The Bertz CT molecular complexity index is 576. The van der Waals surface area contributed by atoms with Crippen LogP contribution in [0.2, 0.25) is 5.02 Å². The molecule has 0 aliphatic heterocycles. The fourth-order valence-corrected chi connectivity index (χ4v) is 3.16. The Balaban J connectivity index is 2.72. The molecule has 0 fully saturated rings. The van der Waals surface area contributed by atoms with Gasteiger partial charge in [-0.05, 0) is 24.5 Å². The van der Waals surface area contributed by atoms with Gasteiger partial charge in [0.15, 0.2) is 0 Å². The van der Waals surface area contributed by atoms with Crippen LogP contribution >= 0.6 is 11.6 Å². The summed E-state index contributed by atoms with van der Waals surface area (Å²) < 4.78 is 40.1. The van der Waals surface area contributed by atoms with E-state index in [1.54, 1.807) is 0 Å². The van der Waals surface area contributed by atoms with Gasteiger partial charge in [-0.25, -0.2) is 17.5 Å². The number of aliphatic hydroxyl groups excluding tert-OH is 1. The summed E-state index contributed by atoms with van der Waals surface area (Å²) in [6.45, 7) is 4.00. The summed E-state index contributed by atoms with van der Waals surface area (Å²) in [5, 5.41) is 8.81. The average molecular weight is 338 g/mol. The minimum atomic E-state index is -3.79. The Morgan fingerprint density at radius 1 is 1.33 bits per heavy atom. The van der Waals surface area contributed by atoms with E-state index in [2.05, 4.69) is 18.6 Å². The van der Waals surface area contributed by atoms with E-state index in [0.717, 1.165) is 25.3 Å². The van der Waals surface area contributed by atoms with Crippen molar-refractivity contribution in [2.24, 2.45) is 5.92 Å². The summed E-state index contributed by atoms with van der Waals surface area (Å²) in [7, 11) is -3.79. The average Bonchev–Trinajstić information content (AvgIpc) is 2.40. The van der Waals surface area contributed by atoms with E-state index >= 15 is 0 Å². The molecule has 120 valence electrons. The molecule has 0 saturated carbocycles. The molecule has 7 heteroatoms. The molecular weight excluding hydrogens is 317 g/mol. The fraction of sp³-hybridized carbons (Fsp3) is 0.571. The Hall–Kier alpha value is -0.690. The zero-order valence-electron chi connectivity index (χ0n) is 12.2. The number of hydrogen-bond donors (Lipinski definition) is 2. The highest BCUT2D eigenvalue weighted by molar-refractivity contribution is 7.89. The lowest BCUT2D eigenvalue weighted by Gasteiger charge is -2.10. The zero-order valence-corrected chi connectivity index (χ0v) is 13.8. The van der Waals surface area contributed by atoms with Crippen molar-refractivity contribution in [3.8, 4) is 0 Å². The van der Waals surface area contributed by atoms with E-state index in [4.69, 9.17) is 16.7 Å². The second kappa shape index (κ2) is 8.08. The quantitative estimate of drug-likeness (QED) is 0.716. The highest BCUT2D eigenvalue weighted by Gasteiger charge is 2.18. The predicted octanol–water partition coefficient (Wildman–Crippen LogP) is 3.08. The van der Waals surface area contributed by atoms with Gasteiger partial charge in [-0.2, -0.15) is 0 Å². The van der Waals surface area contributed by atoms with E-state index < -0.39 is 22.4 Å². The lowest BCUT2D eigenvalue weighted by molar-refractivity contribution is 0.281. The first-order valence-corrected chi connectivity index (χ1v) is 8.72. The summed E-state index contributed by atoms with van der Waals surface area (Å²) in [5.74, 6) is -0.275. The largest absolute Gasteiger partial charge is 0.392 e. The molecule has 4 nitrogen and oxygen atoms in total. The predicted molar refractivity (Wildman–Crippen MR) is 81.2 cm³/mol. The molecule has 2 N–H and O–H groups in total. The Morgan fingerprint density at radius 2 is 2.00 bits per heavy atom. The molecule has 0 amide bonds. The maximum Gasteiger partial charge on any atom is 0.240 e. The van der Waals surface area contributed by atoms with Gasteiger partial charge in [-0.15, -0.1) is 0 Å². The van der Waals surface area contributed by atoms with Crippen LogP contribution in [-0.4, -0.2) is 20.1 Å². The van der Waals surface area contributed by atoms with Crippen LogP contribution in [0.15, 0.2) is 17.0 Å². The van der Waals surface area contributed by atoms with Crippen molar-refractivity contribution < 1.29 is 17.9 Å². The molecule has 21 heavy (non-hydrogen) atoms. The first-order chi connectivity index (χ1) is 9.77. The van der Waals surface area contributed by atoms with Gasteiger partial charge in [0.25, 0.3) is 0 Å². The first kappa shape index (κ1) is 18.4. The van der Waals surface area contributed by atoms with Crippen LogP contribution in [0.1, 0.15) is 38.7 Å². The van der Waals surface area contributed by atoms with Gasteiger partial charge in [-0.1, -0.05) is 38.3 Å². The SMILES string of the molecule is CC(C)CCCCNS(=O)(=O)c1cc(F)c(Cl)c(CO)c1. The van der Waals surface area contributed by atoms with Gasteiger partial charge in [0.05, 0.1) is 16.5 Å². The number of aliphatic hydroxyl groups is 1. The number of rotatable bonds is 8. The van der Waals surface area contributed by atoms with Crippen LogP contribution in [0, 0.1) is 11.7 Å². The molecule has 0 heterocycles. The van der Waals surface area contributed by atoms with Crippen molar-refractivity contribution in [2.75, 3.05) is 6.54 Å². The van der Waals surface area contributed by atoms with E-state index in [1.165, 1.54) is 6.07 Å². The van der Waals surface area contributed by atoms with Crippen LogP contribution in [-0.2, 0) is 16.6 Å². The number of hydrogen-bond acceptors (Lipinski definition) is 3. The van der Waals surface area contributed by atoms with Crippen molar-refractivity contribution in [1.82, 2.24) is 4.72 Å². The van der Waals surface area contributed by atoms with Gasteiger partial charge in [0.2, 0.25) is 10.0 Å². The summed E-state index contributed by atoms with van der Waals surface area (Å²) in [4.78, 5) is -0.225. The lowest BCUT2D eigenvalue weighted by Crippen LogP contribution is -2.25. The molecule has 0 radical (unpaired) electrons. The standard InChI is InChI=1S/C14H21ClFNO3S/c1-10(2)5-3-4-6-17-21(19,20)12-7-11(9-18)14(15)13(16)8-12/h7-8,10,17-18H,3-6,9H2,1-2H3. The van der Waals surface area contributed by atoms with E-state index in [-0.39, 0.29) is 15.5 Å². The number of nitrogens with one attached hydrogen (secondary N) is 1. The molecule has 0 aliphatic rings. The Kier molecular flexibility index (Phi) is 7.06. The van der Waals surface area contributed by atoms with Crippen LogP contribution in [0.4, 0.5) is 4.39 Å². The second-order valence-corrected chi connectivity index (χ2v) is 7.47. The molecule has 1 aromatic rings. The molecular formula is C14H21ClFNO3S. The third-order valence-corrected chi connectivity index (χ3v) is 4.92. The van der Waals surface area contributed by atoms with E-state index in [0.29, 0.717) is 12.5 Å². The van der Waals surface area contributed by atoms with Crippen LogP contribution in [0.5, 0.6) is 0 Å². The summed E-state index contributed by atoms with van der Waals surface area (Å²) in [6.07, 6.45) is 2.68. The maximum absolute atomic E-state index is 13.6. The third kappa shape index (κ3) is 5.54. The second-order valence-electron chi connectivity index (χ2n) is 5.32. The first-order valence-electron chi connectivity index (χ1n) is 6.86. The third-order valence-electron chi connectivity index (χ3n) is 3.06. The Labute approximate surface area is 130 Å². The summed E-state index contributed by atoms with van der Waals surface area (Å²) in [5.41, 5.74) is 0.0526. The van der Waals surface area contributed by atoms with Crippen molar-refractivity contribution in [2.45, 2.75) is 44.6 Å². The van der Waals surface area contributed by atoms with Crippen LogP contribution < -0.4 is 4.72 Å². The molecule has 0 spiro atoms. The lowest BCUT2D eigenvalue weighted by atomic mass is 10.1. The van der Waals surface area contributed by atoms with Crippen molar-refractivity contribution >= 4 is 21.6 Å². The molecule has 0 aromatic heterocycles. The highest BCUT2D eigenvalue weighted by Crippen LogP contribution is 2.24. The van der Waals surface area contributed by atoms with Gasteiger partial charge < -0.3 is 5.11 Å². The van der Waals surface area contributed by atoms with Crippen molar-refractivity contribution in [1.29, 1.82) is 0 Å². The van der Waals surface area contributed by atoms with Crippen LogP contribution in [0.25, 0.3) is 0 Å². The maximum atomic E-state index is 13.6. The van der Waals surface area contributed by atoms with Crippen molar-refractivity contribution in [3.05, 3.63) is 28.5 Å². The smallest absolute Gasteiger partial charge is 0.240 e. The molecule has 0 atom stereocenters. The molecule has 0 saturated heterocycles. The number of unbranched alkanes of at least 4 members (excludes halogenated alkanes) is 1. The minimum absolute atomic E-state index is 0.0526. The normalized spacial score (nSPS) is 12.1. The Morgan fingerprint density at radius 3 is 2.57 bits per heavy atom. The zero-order chi connectivity index (χ0) is 16.0. The summed E-state index contributed by atoms with van der Waals surface area (Å²) >= 11 is 5.64. The fourth-order valence-electron chi connectivity index (χ4n) is 1.86. The van der Waals surface area contributed by atoms with Gasteiger partial charge in [0, 0.05) is 12.1 Å². The molecule has 0 unspecified atom stereocenters. The summed E-state index contributed by atoms with van der Waals surface area (Å²) in [6, 6.07) is 2.04. The highest BCUT2D eigenvalue weighted by atomic mass is 35.5. The van der Waals surface area contributed by atoms with Gasteiger partial charge >= 0.3 is 0 Å². The molecule has 1 aromatic carbocycles. The minimum Gasteiger partial charge on any atom is -0.392 e. The topological polar surface area (TPSA) is 66.4 Å². The van der Waals surface area contributed by atoms with E-state index in [9.17, 15) is 12.8 Å². The van der Waals surface area contributed by atoms with E-state index in [1.807, 2.05) is 0 Å². The molecule has 1 rings (SSSR count). The number of benzene rings is 1. The number of sulfonamides is 1. The van der Waals surface area contributed by atoms with Crippen molar-refractivity contribution in [3.63, 3.8) is 0 Å².